The summed E-state index contributed by atoms with van der Waals surface area (Å²) in [4.78, 5) is 29.7. The van der Waals surface area contributed by atoms with Crippen molar-refractivity contribution in [1.29, 1.82) is 0 Å². The third-order valence-electron chi connectivity index (χ3n) is 5.12. The molecule has 3 rings (SSSR count). The van der Waals surface area contributed by atoms with Crippen LogP contribution in [-0.4, -0.2) is 34.7 Å². The van der Waals surface area contributed by atoms with Gasteiger partial charge in [0.25, 0.3) is 0 Å². The number of hydrogen-bond acceptors (Lipinski definition) is 2. The molecule has 28 heavy (non-hydrogen) atoms. The highest BCUT2D eigenvalue weighted by atomic mass is 35.5. The zero-order valence-corrected chi connectivity index (χ0v) is 17.4. The molecule has 1 heterocycles. The molecule has 0 aromatic heterocycles. The molecule has 0 N–H and O–H groups in total. The third-order valence-corrected chi connectivity index (χ3v) is 5.36. The minimum Gasteiger partial charge on any atom is -0.340 e. The minimum atomic E-state index is -0.467. The quantitative estimate of drug-likeness (QED) is 0.753. The van der Waals surface area contributed by atoms with Crippen molar-refractivity contribution >= 4 is 23.4 Å². The lowest BCUT2D eigenvalue weighted by molar-refractivity contribution is -0.147. The van der Waals surface area contributed by atoms with E-state index in [1.807, 2.05) is 56.3 Å². The van der Waals surface area contributed by atoms with E-state index in [9.17, 15) is 9.59 Å². The van der Waals surface area contributed by atoms with E-state index < -0.39 is 6.04 Å². The van der Waals surface area contributed by atoms with Gasteiger partial charge in [-0.25, -0.2) is 0 Å². The van der Waals surface area contributed by atoms with Crippen LogP contribution in [0.25, 0.3) is 0 Å². The second-order valence-corrected chi connectivity index (χ2v) is 8.37. The molecule has 0 spiro atoms. The summed E-state index contributed by atoms with van der Waals surface area (Å²) < 4.78 is 0. The van der Waals surface area contributed by atoms with E-state index in [0.717, 1.165) is 16.7 Å². The zero-order valence-electron chi connectivity index (χ0n) is 16.7. The Morgan fingerprint density at radius 2 is 1.86 bits per heavy atom. The van der Waals surface area contributed by atoms with E-state index >= 15 is 0 Å². The maximum atomic E-state index is 13.3. The minimum absolute atomic E-state index is 0.0356. The van der Waals surface area contributed by atoms with E-state index in [4.69, 9.17) is 11.6 Å². The van der Waals surface area contributed by atoms with Crippen LogP contribution in [0.5, 0.6) is 0 Å². The van der Waals surface area contributed by atoms with Crippen molar-refractivity contribution in [3.05, 3.63) is 70.2 Å². The van der Waals surface area contributed by atoms with Gasteiger partial charge in [0.1, 0.15) is 6.04 Å². The van der Waals surface area contributed by atoms with Crippen LogP contribution in [0.4, 0.5) is 0 Å². The molecule has 0 saturated carbocycles. The third kappa shape index (κ3) is 4.74. The van der Waals surface area contributed by atoms with Gasteiger partial charge in [0, 0.05) is 38.0 Å². The molecule has 2 amide bonds. The summed E-state index contributed by atoms with van der Waals surface area (Å²) >= 11 is 6.07. The van der Waals surface area contributed by atoms with E-state index in [-0.39, 0.29) is 17.7 Å². The molecule has 5 heteroatoms. The van der Waals surface area contributed by atoms with Gasteiger partial charge in [0.15, 0.2) is 0 Å². The highest BCUT2D eigenvalue weighted by molar-refractivity contribution is 6.30. The van der Waals surface area contributed by atoms with Gasteiger partial charge in [-0.15, -0.1) is 0 Å². The number of hydrogen-bond donors (Lipinski definition) is 0. The first-order chi connectivity index (χ1) is 13.3. The van der Waals surface area contributed by atoms with Crippen LogP contribution < -0.4 is 0 Å². The average molecular weight is 399 g/mol. The number of halogens is 1. The molecule has 0 radical (unpaired) electrons. The summed E-state index contributed by atoms with van der Waals surface area (Å²) in [7, 11) is 1.79. The standard InChI is InChI=1S/C23H27ClN2O2/c1-16(2)11-22(27)26-15-19-9-5-4-8-18(19)13-21(26)23(28)25(3)14-17-7-6-10-20(24)12-17/h4-10,12,16,21H,11,13-15H2,1-3H3. The molecule has 1 unspecified atom stereocenters. The smallest absolute Gasteiger partial charge is 0.245 e. The Kier molecular flexibility index (Phi) is 6.40. The topological polar surface area (TPSA) is 40.6 Å². The molecule has 0 bridgehead atoms. The Morgan fingerprint density at radius 3 is 2.54 bits per heavy atom. The van der Waals surface area contributed by atoms with E-state index in [0.29, 0.717) is 31.0 Å². The van der Waals surface area contributed by atoms with Crippen molar-refractivity contribution < 1.29 is 9.59 Å². The molecule has 1 atom stereocenters. The Balaban J connectivity index is 1.82. The van der Waals surface area contributed by atoms with Gasteiger partial charge in [-0.1, -0.05) is 61.8 Å². The van der Waals surface area contributed by atoms with Gasteiger partial charge in [0.2, 0.25) is 11.8 Å². The fraction of sp³-hybridized carbons (Fsp3) is 0.391. The van der Waals surface area contributed by atoms with Crippen molar-refractivity contribution in [3.63, 3.8) is 0 Å². The highest BCUT2D eigenvalue weighted by Gasteiger charge is 2.36. The number of rotatable bonds is 5. The molecule has 148 valence electrons. The van der Waals surface area contributed by atoms with Crippen molar-refractivity contribution in [1.82, 2.24) is 9.80 Å². The van der Waals surface area contributed by atoms with Crippen LogP contribution in [0.3, 0.4) is 0 Å². The molecule has 1 aliphatic rings. The maximum absolute atomic E-state index is 13.3. The van der Waals surface area contributed by atoms with E-state index in [1.54, 1.807) is 16.8 Å². The van der Waals surface area contributed by atoms with Crippen LogP contribution in [-0.2, 0) is 29.1 Å². The Bertz CT molecular complexity index is 865. The molecule has 0 fully saturated rings. The van der Waals surface area contributed by atoms with Gasteiger partial charge in [-0.3, -0.25) is 9.59 Å². The molecule has 1 aliphatic heterocycles. The van der Waals surface area contributed by atoms with Crippen LogP contribution in [0, 0.1) is 5.92 Å². The number of carbonyl (C=O) groups excluding carboxylic acids is 2. The van der Waals surface area contributed by atoms with Gasteiger partial charge in [-0.05, 0) is 34.7 Å². The fourth-order valence-corrected chi connectivity index (χ4v) is 3.93. The summed E-state index contributed by atoms with van der Waals surface area (Å²) in [6, 6.07) is 15.1. The van der Waals surface area contributed by atoms with Gasteiger partial charge >= 0.3 is 0 Å². The number of likely N-dealkylation sites (N-methyl/N-ethyl adjacent to an activating group) is 1. The van der Waals surface area contributed by atoms with Crippen LogP contribution in [0.15, 0.2) is 48.5 Å². The van der Waals surface area contributed by atoms with Gasteiger partial charge < -0.3 is 9.80 Å². The molecule has 0 saturated heterocycles. The predicted molar refractivity (Wildman–Crippen MR) is 112 cm³/mol. The van der Waals surface area contributed by atoms with E-state index in [2.05, 4.69) is 6.07 Å². The van der Waals surface area contributed by atoms with Crippen molar-refractivity contribution in [2.45, 2.75) is 45.8 Å². The molecule has 2 aromatic carbocycles. The maximum Gasteiger partial charge on any atom is 0.245 e. The molecule has 2 aromatic rings. The monoisotopic (exact) mass is 398 g/mol. The van der Waals surface area contributed by atoms with Crippen molar-refractivity contribution in [2.75, 3.05) is 7.05 Å². The lowest BCUT2D eigenvalue weighted by atomic mass is 9.92. The number of carbonyl (C=O) groups is 2. The number of amides is 2. The molecular weight excluding hydrogens is 372 g/mol. The summed E-state index contributed by atoms with van der Waals surface area (Å²) in [5, 5.41) is 0.652. The molecular formula is C23H27ClN2O2. The number of fused-ring (bicyclic) bond motifs is 1. The number of nitrogens with zero attached hydrogens (tertiary/aromatic N) is 2. The SMILES string of the molecule is CC(C)CC(=O)N1Cc2ccccc2CC1C(=O)N(C)Cc1cccc(Cl)c1. The first-order valence-corrected chi connectivity index (χ1v) is 10.1. The summed E-state index contributed by atoms with van der Waals surface area (Å²) in [5.74, 6) is 0.259. The Morgan fingerprint density at radius 1 is 1.14 bits per heavy atom. The second-order valence-electron chi connectivity index (χ2n) is 7.93. The average Bonchev–Trinajstić information content (AvgIpc) is 2.65. The Labute approximate surface area is 172 Å². The van der Waals surface area contributed by atoms with Gasteiger partial charge in [0.05, 0.1) is 0 Å². The van der Waals surface area contributed by atoms with Gasteiger partial charge in [-0.2, -0.15) is 0 Å². The summed E-state index contributed by atoms with van der Waals surface area (Å²) in [6.07, 6.45) is 1.00. The fourth-order valence-electron chi connectivity index (χ4n) is 3.71. The predicted octanol–water partition coefficient (Wildman–Crippen LogP) is 4.30. The van der Waals surface area contributed by atoms with Crippen molar-refractivity contribution in [2.24, 2.45) is 5.92 Å². The second kappa shape index (κ2) is 8.78. The lowest BCUT2D eigenvalue weighted by Crippen LogP contribution is -2.52. The van der Waals surface area contributed by atoms with Crippen molar-refractivity contribution in [3.8, 4) is 0 Å². The Hall–Kier alpha value is -2.33. The lowest BCUT2D eigenvalue weighted by Gasteiger charge is -2.38. The van der Waals surface area contributed by atoms with Crippen LogP contribution in [0.2, 0.25) is 5.02 Å². The molecule has 0 aliphatic carbocycles. The largest absolute Gasteiger partial charge is 0.340 e. The van der Waals surface area contributed by atoms with E-state index in [1.165, 1.54) is 0 Å². The highest BCUT2D eigenvalue weighted by Crippen LogP contribution is 2.26. The zero-order chi connectivity index (χ0) is 20.3. The van der Waals surface area contributed by atoms with Crippen LogP contribution in [0.1, 0.15) is 37.0 Å². The summed E-state index contributed by atoms with van der Waals surface area (Å²) in [6.45, 7) is 5.00. The van der Waals surface area contributed by atoms with Crippen LogP contribution >= 0.6 is 11.6 Å². The summed E-state index contributed by atoms with van der Waals surface area (Å²) in [5.41, 5.74) is 3.24. The first-order valence-electron chi connectivity index (χ1n) is 9.71. The normalized spacial score (nSPS) is 16.0. The first kappa shape index (κ1) is 20.4. The molecule has 4 nitrogen and oxygen atoms in total. The number of benzene rings is 2.